The van der Waals surface area contributed by atoms with Gasteiger partial charge >= 0.3 is 0 Å². The number of aryl methyl sites for hydroxylation is 2. The smallest absolute Gasteiger partial charge is 0.0406 e. The fourth-order valence-corrected chi connectivity index (χ4v) is 1.22. The molecule has 0 spiro atoms. The van der Waals surface area contributed by atoms with Crippen LogP contribution in [0.4, 0.5) is 0 Å². The van der Waals surface area contributed by atoms with Gasteiger partial charge in [0.05, 0.1) is 0 Å². The lowest BCUT2D eigenvalue weighted by Crippen LogP contribution is -1.93. The first kappa shape index (κ1) is 17.5. The summed E-state index contributed by atoms with van der Waals surface area (Å²) in [6, 6.07) is 6.32. The molecule has 0 aliphatic carbocycles. The van der Waals surface area contributed by atoms with Crippen molar-refractivity contribution in [3.8, 4) is 0 Å². The van der Waals surface area contributed by atoms with Gasteiger partial charge in [0.25, 0.3) is 0 Å². The molecule has 0 aliphatic rings. The minimum absolute atomic E-state index is 1.04. The number of aromatic nitrogens is 1. The van der Waals surface area contributed by atoms with E-state index in [0.717, 1.165) is 12.8 Å². The van der Waals surface area contributed by atoms with Gasteiger partial charge in [0, 0.05) is 11.4 Å². The van der Waals surface area contributed by atoms with E-state index in [2.05, 4.69) is 37.0 Å². The lowest BCUT2D eigenvalue weighted by atomic mass is 10.2. The molecule has 94 valence electrons. The molecule has 1 heterocycles. The summed E-state index contributed by atoms with van der Waals surface area (Å²) in [6.45, 7) is 12.4. The highest BCUT2D eigenvalue weighted by molar-refractivity contribution is 5.11. The van der Waals surface area contributed by atoms with Crippen molar-refractivity contribution in [2.75, 3.05) is 0 Å². The summed E-state index contributed by atoms with van der Waals surface area (Å²) in [5.41, 5.74) is 2.46. The average molecular weight is 223 g/mol. The largest absolute Gasteiger partial charge is 0.258 e. The third-order valence-electron chi connectivity index (χ3n) is 2.01. The summed E-state index contributed by atoms with van der Waals surface area (Å²) in [6.07, 6.45) is 4.67. The Hall–Kier alpha value is -0.850. The van der Waals surface area contributed by atoms with Gasteiger partial charge in [-0.2, -0.15) is 0 Å². The Balaban J connectivity index is 0. The van der Waals surface area contributed by atoms with Crippen LogP contribution in [0.1, 0.15) is 65.8 Å². The highest BCUT2D eigenvalue weighted by Crippen LogP contribution is 2.04. The molecule has 16 heavy (non-hydrogen) atoms. The molecule has 0 aliphatic heterocycles. The molecule has 0 N–H and O–H groups in total. The maximum atomic E-state index is 4.53. The predicted molar refractivity (Wildman–Crippen MR) is 74.9 cm³/mol. The number of hydrogen-bond donors (Lipinski definition) is 0. The van der Waals surface area contributed by atoms with Crippen molar-refractivity contribution in [3.63, 3.8) is 0 Å². The zero-order valence-corrected chi connectivity index (χ0v) is 12.0. The zero-order chi connectivity index (χ0) is 12.8. The van der Waals surface area contributed by atoms with Crippen LogP contribution in [0.25, 0.3) is 0 Å². The number of nitrogens with zero attached hydrogens (tertiary/aromatic N) is 1. The third kappa shape index (κ3) is 8.46. The van der Waals surface area contributed by atoms with Gasteiger partial charge in [-0.1, -0.05) is 54.0 Å². The predicted octanol–water partition coefficient (Wildman–Crippen LogP) is 5.04. The van der Waals surface area contributed by atoms with Crippen LogP contribution in [0, 0.1) is 0 Å². The first-order valence-electron chi connectivity index (χ1n) is 6.81. The minimum Gasteiger partial charge on any atom is -0.258 e. The van der Waals surface area contributed by atoms with Crippen molar-refractivity contribution < 1.29 is 0 Å². The summed E-state index contributed by atoms with van der Waals surface area (Å²) in [7, 11) is 0. The molecule has 1 rings (SSSR count). The number of unbranched alkanes of at least 4 members (excludes halogenated alkanes) is 1. The summed E-state index contributed by atoms with van der Waals surface area (Å²) in [4.78, 5) is 4.53. The Morgan fingerprint density at radius 3 is 2.00 bits per heavy atom. The van der Waals surface area contributed by atoms with Crippen molar-refractivity contribution in [2.45, 2.75) is 67.2 Å². The molecule has 0 radical (unpaired) electrons. The van der Waals surface area contributed by atoms with Crippen LogP contribution in [0.2, 0.25) is 0 Å². The van der Waals surface area contributed by atoms with Crippen LogP contribution in [-0.2, 0) is 12.8 Å². The fourth-order valence-electron chi connectivity index (χ4n) is 1.22. The van der Waals surface area contributed by atoms with E-state index in [-0.39, 0.29) is 0 Å². The third-order valence-corrected chi connectivity index (χ3v) is 2.01. The Bertz CT molecular complexity index is 231. The maximum Gasteiger partial charge on any atom is 0.0406 e. The van der Waals surface area contributed by atoms with Crippen molar-refractivity contribution in [1.29, 1.82) is 0 Å². The molecule has 0 amide bonds. The van der Waals surface area contributed by atoms with Gasteiger partial charge in [-0.05, 0) is 31.4 Å². The standard InChI is InChI=1S/C11H17N.2C2H6/c1-3-5-7-11-9-6-8-10(4-2)12-11;2*1-2/h6,8-9H,3-5,7H2,1-2H3;2*1-2H3. The quantitative estimate of drug-likeness (QED) is 0.697. The second kappa shape index (κ2) is 14.2. The molecule has 0 unspecified atom stereocenters. The van der Waals surface area contributed by atoms with Crippen LogP contribution in [0.5, 0.6) is 0 Å². The number of hydrogen-bond acceptors (Lipinski definition) is 1. The number of rotatable bonds is 4. The van der Waals surface area contributed by atoms with Crippen LogP contribution in [0.15, 0.2) is 18.2 Å². The van der Waals surface area contributed by atoms with Gasteiger partial charge in [-0.3, -0.25) is 4.98 Å². The van der Waals surface area contributed by atoms with E-state index in [4.69, 9.17) is 0 Å². The SMILES string of the molecule is CC.CC.CCCCc1cccc(CC)n1. The van der Waals surface area contributed by atoms with Crippen molar-refractivity contribution >= 4 is 0 Å². The minimum atomic E-state index is 1.04. The summed E-state index contributed by atoms with van der Waals surface area (Å²) in [5, 5.41) is 0. The summed E-state index contributed by atoms with van der Waals surface area (Å²) < 4.78 is 0. The Morgan fingerprint density at radius 1 is 0.938 bits per heavy atom. The van der Waals surface area contributed by atoms with E-state index < -0.39 is 0 Å². The second-order valence-corrected chi connectivity index (χ2v) is 3.08. The van der Waals surface area contributed by atoms with Gasteiger partial charge in [-0.25, -0.2) is 0 Å². The Labute approximate surface area is 102 Å². The summed E-state index contributed by atoms with van der Waals surface area (Å²) in [5.74, 6) is 0. The number of pyridine rings is 1. The van der Waals surface area contributed by atoms with E-state index in [0.29, 0.717) is 0 Å². The molecule has 1 heteroatoms. The monoisotopic (exact) mass is 223 g/mol. The molecule has 0 saturated carbocycles. The fraction of sp³-hybridized carbons (Fsp3) is 0.667. The van der Waals surface area contributed by atoms with E-state index in [1.165, 1.54) is 24.2 Å². The van der Waals surface area contributed by atoms with Gasteiger partial charge < -0.3 is 0 Å². The average Bonchev–Trinajstić information content (AvgIpc) is 2.41. The van der Waals surface area contributed by atoms with Crippen LogP contribution >= 0.6 is 0 Å². The molecular weight excluding hydrogens is 194 g/mol. The molecule has 1 aromatic rings. The second-order valence-electron chi connectivity index (χ2n) is 3.08. The lowest BCUT2D eigenvalue weighted by molar-refractivity contribution is 0.770. The zero-order valence-electron chi connectivity index (χ0n) is 12.0. The molecule has 1 nitrogen and oxygen atoms in total. The molecule has 0 saturated heterocycles. The van der Waals surface area contributed by atoms with Gasteiger partial charge in [-0.15, -0.1) is 0 Å². The van der Waals surface area contributed by atoms with Crippen molar-refractivity contribution in [1.82, 2.24) is 4.98 Å². The van der Waals surface area contributed by atoms with Gasteiger partial charge in [0.1, 0.15) is 0 Å². The summed E-state index contributed by atoms with van der Waals surface area (Å²) >= 11 is 0. The van der Waals surface area contributed by atoms with Gasteiger partial charge in [0.15, 0.2) is 0 Å². The van der Waals surface area contributed by atoms with E-state index in [1.807, 2.05) is 27.7 Å². The maximum absolute atomic E-state index is 4.53. The molecule has 0 atom stereocenters. The first-order chi connectivity index (χ1) is 7.86. The molecular formula is C15H29N. The highest BCUT2D eigenvalue weighted by atomic mass is 14.7. The van der Waals surface area contributed by atoms with Gasteiger partial charge in [0.2, 0.25) is 0 Å². The van der Waals surface area contributed by atoms with Crippen LogP contribution in [0.3, 0.4) is 0 Å². The van der Waals surface area contributed by atoms with Crippen molar-refractivity contribution in [2.24, 2.45) is 0 Å². The van der Waals surface area contributed by atoms with E-state index in [9.17, 15) is 0 Å². The van der Waals surface area contributed by atoms with Crippen LogP contribution in [-0.4, -0.2) is 4.98 Å². The topological polar surface area (TPSA) is 12.9 Å². The Morgan fingerprint density at radius 2 is 1.50 bits per heavy atom. The molecule has 0 bridgehead atoms. The van der Waals surface area contributed by atoms with Crippen molar-refractivity contribution in [3.05, 3.63) is 29.6 Å². The van der Waals surface area contributed by atoms with Crippen LogP contribution < -0.4 is 0 Å². The Kier molecular flexibility index (Phi) is 15.5. The van der Waals surface area contributed by atoms with E-state index >= 15 is 0 Å². The molecule has 1 aromatic heterocycles. The molecule has 0 fully saturated rings. The van der Waals surface area contributed by atoms with E-state index in [1.54, 1.807) is 0 Å². The first-order valence-corrected chi connectivity index (χ1v) is 6.81. The normalized spacial score (nSPS) is 8.38. The molecule has 0 aromatic carbocycles. The highest BCUT2D eigenvalue weighted by Gasteiger charge is 1.94. The lowest BCUT2D eigenvalue weighted by Gasteiger charge is -2.00.